The molecule has 0 radical (unpaired) electrons. The van der Waals surface area contributed by atoms with Crippen LogP contribution in [0.1, 0.15) is 31.1 Å². The van der Waals surface area contributed by atoms with Crippen molar-refractivity contribution in [2.75, 3.05) is 19.1 Å². The number of hydrogen-bond donors (Lipinski definition) is 1. The summed E-state index contributed by atoms with van der Waals surface area (Å²) >= 11 is 0. The van der Waals surface area contributed by atoms with Crippen LogP contribution in [0.25, 0.3) is 0 Å². The highest BCUT2D eigenvalue weighted by atomic mass is 32.2. The van der Waals surface area contributed by atoms with Gasteiger partial charge in [-0.1, -0.05) is 18.2 Å². The van der Waals surface area contributed by atoms with Crippen LogP contribution in [-0.4, -0.2) is 34.0 Å². The Morgan fingerprint density at radius 3 is 2.23 bits per heavy atom. The molecule has 6 nitrogen and oxygen atoms in total. The number of methoxy groups -OCH3 is 1. The SMILES string of the molecule is COc1ccc(C(=O)N(C)c2ccccc2)cc1S(=O)(=O)NC(C)(C)C. The molecular weight excluding hydrogens is 352 g/mol. The van der Waals surface area contributed by atoms with E-state index in [1.54, 1.807) is 46.0 Å². The molecule has 2 aromatic rings. The molecule has 0 heterocycles. The molecule has 0 saturated heterocycles. The van der Waals surface area contributed by atoms with E-state index in [4.69, 9.17) is 4.74 Å². The van der Waals surface area contributed by atoms with Crippen molar-refractivity contribution in [1.82, 2.24) is 4.72 Å². The fourth-order valence-corrected chi connectivity index (χ4v) is 4.05. The van der Waals surface area contributed by atoms with Crippen LogP contribution in [0.15, 0.2) is 53.4 Å². The van der Waals surface area contributed by atoms with Gasteiger partial charge in [0.15, 0.2) is 0 Å². The van der Waals surface area contributed by atoms with Crippen molar-refractivity contribution in [2.45, 2.75) is 31.2 Å². The van der Waals surface area contributed by atoms with Crippen molar-refractivity contribution in [3.63, 3.8) is 0 Å². The van der Waals surface area contributed by atoms with Crippen molar-refractivity contribution in [3.8, 4) is 5.75 Å². The molecular formula is C19H24N2O4S. The minimum absolute atomic E-state index is 0.0674. The molecule has 1 N–H and O–H groups in total. The summed E-state index contributed by atoms with van der Waals surface area (Å²) in [5.74, 6) is -0.133. The summed E-state index contributed by atoms with van der Waals surface area (Å²) in [6, 6.07) is 13.5. The third kappa shape index (κ3) is 4.62. The fourth-order valence-electron chi connectivity index (χ4n) is 2.44. The predicted molar refractivity (Wildman–Crippen MR) is 102 cm³/mol. The maximum Gasteiger partial charge on any atom is 0.258 e. The summed E-state index contributed by atoms with van der Waals surface area (Å²) in [6.07, 6.45) is 0. The van der Waals surface area contributed by atoms with Gasteiger partial charge in [-0.05, 0) is 51.1 Å². The van der Waals surface area contributed by atoms with Crippen LogP contribution in [0.4, 0.5) is 5.69 Å². The monoisotopic (exact) mass is 376 g/mol. The van der Waals surface area contributed by atoms with Crippen LogP contribution < -0.4 is 14.4 Å². The number of nitrogens with zero attached hydrogens (tertiary/aromatic N) is 1. The molecule has 0 aliphatic carbocycles. The molecule has 0 spiro atoms. The first-order chi connectivity index (χ1) is 12.0. The van der Waals surface area contributed by atoms with Crippen LogP contribution in [0.3, 0.4) is 0 Å². The lowest BCUT2D eigenvalue weighted by Crippen LogP contribution is -2.40. The van der Waals surface area contributed by atoms with E-state index in [-0.39, 0.29) is 22.1 Å². The maximum atomic E-state index is 12.8. The molecule has 26 heavy (non-hydrogen) atoms. The average Bonchev–Trinajstić information content (AvgIpc) is 2.58. The third-order valence-corrected chi connectivity index (χ3v) is 5.37. The van der Waals surface area contributed by atoms with Crippen LogP contribution in [0.5, 0.6) is 5.75 Å². The standard InChI is InChI=1S/C19H24N2O4S/c1-19(2,3)20-26(23,24)17-13-14(11-12-16(17)25-5)18(22)21(4)15-9-7-6-8-10-15/h6-13,20H,1-5H3. The van der Waals surface area contributed by atoms with E-state index in [0.29, 0.717) is 5.69 Å². The highest BCUT2D eigenvalue weighted by Gasteiger charge is 2.27. The van der Waals surface area contributed by atoms with Gasteiger partial charge in [0.2, 0.25) is 10.0 Å². The van der Waals surface area contributed by atoms with Crippen LogP contribution in [0, 0.1) is 0 Å². The quantitative estimate of drug-likeness (QED) is 0.870. The van der Waals surface area contributed by atoms with Crippen LogP contribution in [0.2, 0.25) is 0 Å². The smallest absolute Gasteiger partial charge is 0.258 e. The van der Waals surface area contributed by atoms with Crippen LogP contribution in [-0.2, 0) is 10.0 Å². The molecule has 2 rings (SSSR count). The van der Waals surface area contributed by atoms with Gasteiger partial charge in [-0.25, -0.2) is 13.1 Å². The van der Waals surface area contributed by atoms with E-state index in [9.17, 15) is 13.2 Å². The normalized spacial score (nSPS) is 11.9. The first kappa shape index (κ1) is 19.9. The molecule has 7 heteroatoms. The summed E-state index contributed by atoms with van der Waals surface area (Å²) in [6.45, 7) is 5.24. The molecule has 0 aliphatic rings. The Bertz CT molecular complexity index is 888. The number of carbonyl (C=O) groups is 1. The van der Waals surface area contributed by atoms with E-state index in [0.717, 1.165) is 0 Å². The number of rotatable bonds is 5. The lowest BCUT2D eigenvalue weighted by atomic mass is 10.1. The maximum absolute atomic E-state index is 12.8. The molecule has 0 saturated carbocycles. The highest BCUT2D eigenvalue weighted by molar-refractivity contribution is 7.89. The number of hydrogen-bond acceptors (Lipinski definition) is 4. The molecule has 2 aromatic carbocycles. The minimum Gasteiger partial charge on any atom is -0.495 e. The van der Waals surface area contributed by atoms with E-state index in [1.165, 1.54) is 24.1 Å². The van der Waals surface area contributed by atoms with E-state index in [1.807, 2.05) is 18.2 Å². The lowest BCUT2D eigenvalue weighted by Gasteiger charge is -2.22. The topological polar surface area (TPSA) is 75.7 Å². The van der Waals surface area contributed by atoms with Gasteiger partial charge in [-0.2, -0.15) is 0 Å². The predicted octanol–water partition coefficient (Wildman–Crippen LogP) is 3.05. The molecule has 1 amide bonds. The number of anilines is 1. The van der Waals surface area contributed by atoms with Gasteiger partial charge in [0, 0.05) is 23.8 Å². The number of carbonyl (C=O) groups excluding carboxylic acids is 1. The number of ether oxygens (including phenoxy) is 1. The fraction of sp³-hybridized carbons (Fsp3) is 0.316. The highest BCUT2D eigenvalue weighted by Crippen LogP contribution is 2.27. The Morgan fingerprint density at radius 1 is 1.08 bits per heavy atom. The Labute approximate surface area is 154 Å². The van der Waals surface area contributed by atoms with Crippen molar-refractivity contribution >= 4 is 21.6 Å². The second-order valence-corrected chi connectivity index (χ2v) is 8.57. The summed E-state index contributed by atoms with van der Waals surface area (Å²) in [5.41, 5.74) is 0.307. The Kier molecular flexibility index (Phi) is 5.73. The van der Waals surface area contributed by atoms with Crippen molar-refractivity contribution < 1.29 is 17.9 Å². The summed E-state index contributed by atoms with van der Waals surface area (Å²) in [7, 11) is -0.819. The zero-order valence-electron chi connectivity index (χ0n) is 15.6. The van der Waals surface area contributed by atoms with Crippen LogP contribution >= 0.6 is 0 Å². The van der Waals surface area contributed by atoms with Crippen molar-refractivity contribution in [3.05, 3.63) is 54.1 Å². The first-order valence-electron chi connectivity index (χ1n) is 8.10. The van der Waals surface area contributed by atoms with Gasteiger partial charge in [-0.3, -0.25) is 4.79 Å². The summed E-state index contributed by atoms with van der Waals surface area (Å²) in [5, 5.41) is 0. The number of para-hydroxylation sites is 1. The second-order valence-electron chi connectivity index (χ2n) is 6.92. The molecule has 140 valence electrons. The number of sulfonamides is 1. The van der Waals surface area contributed by atoms with Crippen molar-refractivity contribution in [2.24, 2.45) is 0 Å². The summed E-state index contributed by atoms with van der Waals surface area (Å²) in [4.78, 5) is 14.2. The first-order valence-corrected chi connectivity index (χ1v) is 9.58. The second kappa shape index (κ2) is 7.47. The van der Waals surface area contributed by atoms with Gasteiger partial charge in [-0.15, -0.1) is 0 Å². The van der Waals surface area contributed by atoms with Gasteiger partial charge >= 0.3 is 0 Å². The Hall–Kier alpha value is -2.38. The molecule has 0 aliphatic heterocycles. The molecule has 0 bridgehead atoms. The van der Waals surface area contributed by atoms with Crippen molar-refractivity contribution in [1.29, 1.82) is 0 Å². The third-order valence-electron chi connectivity index (χ3n) is 3.59. The summed E-state index contributed by atoms with van der Waals surface area (Å²) < 4.78 is 33.2. The van der Waals surface area contributed by atoms with E-state index < -0.39 is 15.6 Å². The number of amides is 1. The molecule has 0 aromatic heterocycles. The zero-order valence-corrected chi connectivity index (χ0v) is 16.4. The van der Waals surface area contributed by atoms with Gasteiger partial charge < -0.3 is 9.64 Å². The van der Waals surface area contributed by atoms with E-state index >= 15 is 0 Å². The number of nitrogens with one attached hydrogen (secondary N) is 1. The Morgan fingerprint density at radius 2 is 1.69 bits per heavy atom. The van der Waals surface area contributed by atoms with Gasteiger partial charge in [0.1, 0.15) is 10.6 Å². The zero-order chi connectivity index (χ0) is 19.5. The largest absolute Gasteiger partial charge is 0.495 e. The lowest BCUT2D eigenvalue weighted by molar-refractivity contribution is 0.0992. The van der Waals surface area contributed by atoms with Gasteiger partial charge in [0.25, 0.3) is 5.91 Å². The molecule has 0 fully saturated rings. The molecule has 0 unspecified atom stereocenters. The van der Waals surface area contributed by atoms with Gasteiger partial charge in [0.05, 0.1) is 7.11 Å². The Balaban J connectivity index is 2.45. The average molecular weight is 376 g/mol. The molecule has 0 atom stereocenters. The minimum atomic E-state index is -3.85. The number of benzene rings is 2. The van der Waals surface area contributed by atoms with E-state index in [2.05, 4.69) is 4.72 Å².